The minimum absolute atomic E-state index is 0.0237. The average Bonchev–Trinajstić information content (AvgIpc) is 1.71. The van der Waals surface area contributed by atoms with Gasteiger partial charge in [-0.3, -0.25) is 0 Å². The fourth-order valence-electron chi connectivity index (χ4n) is 8.60. The van der Waals surface area contributed by atoms with E-state index in [2.05, 4.69) is 39.6 Å². The van der Waals surface area contributed by atoms with Crippen LogP contribution < -0.4 is 10.4 Å². The summed E-state index contributed by atoms with van der Waals surface area (Å²) >= 11 is 0. The maximum atomic E-state index is 15.0. The highest BCUT2D eigenvalue weighted by Crippen LogP contribution is 2.58. The second kappa shape index (κ2) is 26.8. The number of rotatable bonds is 3. The van der Waals surface area contributed by atoms with Gasteiger partial charge in [0, 0.05) is 5.57 Å². The number of hydrogen-bond acceptors (Lipinski definition) is 19. The molecule has 0 atom stereocenters. The molecular formula is C60H3F16N21. The van der Waals surface area contributed by atoms with E-state index in [9.17, 15) is 86.0 Å². The van der Waals surface area contributed by atoms with Gasteiger partial charge in [0.25, 0.3) is 5.69 Å². The molecule has 0 aliphatic heterocycles. The summed E-state index contributed by atoms with van der Waals surface area (Å²) in [6.45, 7) is 15.1. The molecular weight excluding hydrogens is 1320 g/mol. The molecule has 1 aliphatic carbocycles. The summed E-state index contributed by atoms with van der Waals surface area (Å²) in [5.74, 6) is -37.1. The largest absolute Gasteiger partial charge is 0.262 e. The summed E-state index contributed by atoms with van der Waals surface area (Å²) in [4.78, 5) is 29.5. The van der Waals surface area contributed by atoms with E-state index >= 15 is 26.3 Å². The Labute approximate surface area is 524 Å². The standard InChI is InChI=1S/C30F12N6.C18N12.C12H3F4N3/c1-47-29(16-25(39)19(33)10(6-46)20(34)26(16)40)15-11(7(3-43)13-21(35)17(31)9(5-45)18(32)22(13)36)12(15)8(4-44)14-23(37)27(41)30(48-2)28(42)24(14)38;19-1-7-8(2-20)26-14-13(25-7)15-17(29-10(4-22)9(3-21)27-15)18-16(14)28-11(5-23)12(6-24)30-18;1-5(2-17)7-9(13)11(15)8(6(3-18)4-19)12(16)10(7)14/h;;1H3. The number of benzene rings is 5. The third-order valence-corrected chi connectivity index (χ3v) is 12.9. The lowest BCUT2D eigenvalue weighted by Crippen LogP contribution is -2.30. The normalized spacial score (nSPS) is 12.2. The molecule has 1 saturated carbocycles. The van der Waals surface area contributed by atoms with Crippen molar-refractivity contribution >= 4 is 66.8 Å². The molecule has 0 saturated heterocycles. The van der Waals surface area contributed by atoms with Crippen molar-refractivity contribution in [2.45, 2.75) is 6.92 Å². The maximum Gasteiger partial charge on any atom is 0.262 e. The minimum Gasteiger partial charge on any atom is -0.237 e. The van der Waals surface area contributed by atoms with Gasteiger partial charge >= 0.3 is 0 Å². The third kappa shape index (κ3) is 10.9. The van der Waals surface area contributed by atoms with E-state index in [1.165, 1.54) is 6.07 Å². The van der Waals surface area contributed by atoms with Crippen LogP contribution in [0.1, 0.15) is 68.9 Å². The molecule has 0 bridgehead atoms. The number of halogens is 16. The van der Waals surface area contributed by atoms with Crippen LogP contribution in [0.15, 0.2) is 16.7 Å². The van der Waals surface area contributed by atoms with E-state index in [1.807, 2.05) is 0 Å². The van der Waals surface area contributed by atoms with Gasteiger partial charge in [-0.2, -0.15) is 68.4 Å². The smallest absolute Gasteiger partial charge is 0.237 e. The molecule has 0 unspecified atom stereocenters. The Balaban J connectivity index is 0.000000229. The second-order valence-corrected chi connectivity index (χ2v) is 17.8. The Kier molecular flexibility index (Phi) is 19.0. The van der Waals surface area contributed by atoms with Gasteiger partial charge in [0.15, 0.2) is 127 Å². The van der Waals surface area contributed by atoms with Gasteiger partial charge in [0.1, 0.15) is 123 Å². The first-order valence-electron chi connectivity index (χ1n) is 24.3. The lowest BCUT2D eigenvalue weighted by Gasteiger charge is -2.09. The Bertz CT molecular complexity index is 5290. The van der Waals surface area contributed by atoms with E-state index < -0.39 is 182 Å². The molecule has 21 nitrogen and oxygen atoms in total. The zero-order chi connectivity index (χ0) is 72.3. The summed E-state index contributed by atoms with van der Waals surface area (Å²) in [5.41, 5.74) is -25.0. The first kappa shape index (κ1) is 68.8. The lowest BCUT2D eigenvalue weighted by atomic mass is 9.99. The number of aromatic nitrogens is 6. The van der Waals surface area contributed by atoms with Crippen molar-refractivity contribution in [2.75, 3.05) is 0 Å². The zero-order valence-electron chi connectivity index (χ0n) is 45.9. The average molecular weight is 1320 g/mol. The fraction of sp³-hybridized carbons (Fsp3) is 0.0167. The molecule has 37 heteroatoms. The van der Waals surface area contributed by atoms with Crippen LogP contribution in [0, 0.1) is 254 Å². The van der Waals surface area contributed by atoms with Crippen molar-refractivity contribution in [1.29, 1.82) is 68.4 Å². The molecule has 0 N–H and O–H groups in total. The molecule has 0 radical (unpaired) electrons. The Hall–Kier alpha value is -15.7. The van der Waals surface area contributed by atoms with Crippen molar-refractivity contribution in [3.8, 4) is 78.9 Å². The van der Waals surface area contributed by atoms with Crippen LogP contribution in [-0.4, -0.2) is 29.9 Å². The second-order valence-electron chi connectivity index (χ2n) is 17.8. The van der Waals surface area contributed by atoms with Crippen LogP contribution in [-0.2, 0) is 0 Å². The number of allylic oxidation sites excluding steroid dienone is 5. The Morgan fingerprint density at radius 2 is 0.577 bits per heavy atom. The Morgan fingerprint density at radius 3 is 0.804 bits per heavy atom. The summed E-state index contributed by atoms with van der Waals surface area (Å²) in [5, 5.41) is 116. The number of hydrogen-bond donors (Lipinski definition) is 0. The van der Waals surface area contributed by atoms with Crippen molar-refractivity contribution in [3.63, 3.8) is 0 Å². The Morgan fingerprint density at radius 1 is 0.309 bits per heavy atom. The van der Waals surface area contributed by atoms with Crippen molar-refractivity contribution in [1.82, 2.24) is 29.9 Å². The van der Waals surface area contributed by atoms with Crippen LogP contribution in [0.25, 0.3) is 70.8 Å². The predicted molar refractivity (Wildman–Crippen MR) is 282 cm³/mol. The van der Waals surface area contributed by atoms with Crippen LogP contribution in [0.3, 0.4) is 0 Å². The minimum atomic E-state index is -2.52. The molecule has 5 aromatic carbocycles. The maximum absolute atomic E-state index is 15.0. The van der Waals surface area contributed by atoms with Gasteiger partial charge in [-0.25, -0.2) is 110 Å². The molecule has 460 valence electrons. The van der Waals surface area contributed by atoms with Gasteiger partial charge in [-0.05, 0) is 23.6 Å². The van der Waals surface area contributed by atoms with Gasteiger partial charge in [-0.15, -0.1) is 0 Å². The van der Waals surface area contributed by atoms with Gasteiger partial charge < -0.3 is 0 Å². The lowest BCUT2D eigenvalue weighted by molar-refractivity contribution is 0.434. The highest BCUT2D eigenvalue weighted by Gasteiger charge is 2.46. The molecule has 9 rings (SSSR count). The molecule has 3 heterocycles. The summed E-state index contributed by atoms with van der Waals surface area (Å²) in [6.07, 6.45) is 0. The third-order valence-electron chi connectivity index (χ3n) is 12.9. The van der Waals surface area contributed by atoms with E-state index in [-0.39, 0.29) is 67.3 Å². The highest BCUT2D eigenvalue weighted by molar-refractivity contribution is 6.18. The summed E-state index contributed by atoms with van der Waals surface area (Å²) < 4.78 is 232. The number of nitriles is 13. The van der Waals surface area contributed by atoms with E-state index in [0.29, 0.717) is 0 Å². The topological polar surface area (TPSA) is 395 Å². The molecule has 3 aromatic heterocycles. The first-order chi connectivity index (χ1) is 46.1. The first-order valence-corrected chi connectivity index (χ1v) is 24.3. The van der Waals surface area contributed by atoms with Crippen LogP contribution >= 0.6 is 0 Å². The van der Waals surface area contributed by atoms with E-state index in [4.69, 9.17) is 39.5 Å². The van der Waals surface area contributed by atoms with Gasteiger partial charge in [0.05, 0.1) is 57.5 Å². The summed E-state index contributed by atoms with van der Waals surface area (Å²) in [6, 6.07) is 17.6. The SMILES string of the molecule is CC(C#N)=c1c(F)c(F)c(=C(C#N)C#N)c(F)c1F.N#Cc1nc2c3nc(C#N)c(C#N)nc3c3nc(C#N)c(C#N)nc3c2nc1C#N.[C-]#[N+]C(=C1C(=C(C#N)c2c(F)c(F)c(C#N)c(F)c2F)C1=C(C#N)c1c(F)c(F)c([N+]#[C-])c(F)c1F)c1c(F)c(F)c(C#N)c(F)c1F. The van der Waals surface area contributed by atoms with Crippen LogP contribution in [0.4, 0.5) is 75.9 Å². The van der Waals surface area contributed by atoms with Crippen molar-refractivity contribution < 1.29 is 70.2 Å². The summed E-state index contributed by atoms with van der Waals surface area (Å²) in [7, 11) is 0. The van der Waals surface area contributed by atoms with E-state index in [0.717, 1.165) is 43.3 Å². The molecule has 1 aliphatic rings. The van der Waals surface area contributed by atoms with Crippen LogP contribution in [0.5, 0.6) is 0 Å². The van der Waals surface area contributed by atoms with Gasteiger partial charge in [0.2, 0.25) is 5.70 Å². The zero-order valence-corrected chi connectivity index (χ0v) is 45.9. The van der Waals surface area contributed by atoms with E-state index in [1.54, 1.807) is 36.4 Å². The fourth-order valence-corrected chi connectivity index (χ4v) is 8.60. The molecule has 97 heavy (non-hydrogen) atoms. The quantitative estimate of drug-likeness (QED) is 0.0521. The highest BCUT2D eigenvalue weighted by atomic mass is 19.2. The van der Waals surface area contributed by atoms with Gasteiger partial charge in [-0.1, -0.05) is 0 Å². The molecule has 8 aromatic rings. The predicted octanol–water partition coefficient (Wildman–Crippen LogP) is 10.1. The molecule has 1 fully saturated rings. The molecule has 0 spiro atoms. The molecule has 0 amide bonds. The van der Waals surface area contributed by atoms with Crippen LogP contribution in [0.2, 0.25) is 0 Å². The number of nitrogens with zero attached hydrogens (tertiary/aromatic N) is 21. The van der Waals surface area contributed by atoms with Crippen molar-refractivity contribution in [2.24, 2.45) is 0 Å². The number of fused-ring (bicyclic) bond motifs is 6. The van der Waals surface area contributed by atoms with Crippen molar-refractivity contribution in [3.05, 3.63) is 205 Å². The monoisotopic (exact) mass is 1320 g/mol.